The lowest BCUT2D eigenvalue weighted by atomic mass is 9.93. The van der Waals surface area contributed by atoms with Gasteiger partial charge in [-0.2, -0.15) is 0 Å². The first kappa shape index (κ1) is 18.1. The van der Waals surface area contributed by atoms with Crippen molar-refractivity contribution in [2.75, 3.05) is 0 Å². The van der Waals surface area contributed by atoms with E-state index >= 15 is 0 Å². The predicted octanol–water partition coefficient (Wildman–Crippen LogP) is 4.11. The van der Waals surface area contributed by atoms with Gasteiger partial charge in [0.05, 0.1) is 10.9 Å². The van der Waals surface area contributed by atoms with Crippen LogP contribution in [-0.4, -0.2) is 16.0 Å². The summed E-state index contributed by atoms with van der Waals surface area (Å²) in [5.74, 6) is -0.202. The minimum absolute atomic E-state index is 0.0339. The van der Waals surface area contributed by atoms with Gasteiger partial charge in [0.25, 0.3) is 0 Å². The maximum atomic E-state index is 12.8. The third-order valence-corrected chi connectivity index (χ3v) is 5.21. The summed E-state index contributed by atoms with van der Waals surface area (Å²) in [6, 6.07) is 18.6. The highest BCUT2D eigenvalue weighted by Crippen LogP contribution is 2.46. The number of Topliss-reactive ketones (excluding diaryl/α,β-unsaturated/α-hetero) is 1. The lowest BCUT2D eigenvalue weighted by Crippen LogP contribution is -2.20. The van der Waals surface area contributed by atoms with Crippen LogP contribution in [0.25, 0.3) is 11.0 Å². The third-order valence-electron chi connectivity index (χ3n) is 5.21. The molecule has 1 aliphatic rings. The Hall–Kier alpha value is -3.90. The standard InChI is InChI=1S/C24H16O6/c25-17(10-13-6-2-1-3-7-13)15-11-16-20(12-18(15)26)29-23-14-8-4-5-9-19(14)30-24(28)21(23)22(16)27/h1-9,11-12,22,26-27H,10H2. The molecule has 5 rings (SSSR count). The summed E-state index contributed by atoms with van der Waals surface area (Å²) in [6.07, 6.45) is -1.26. The van der Waals surface area contributed by atoms with Crippen molar-refractivity contribution in [2.45, 2.75) is 12.5 Å². The fourth-order valence-electron chi connectivity index (χ4n) is 3.73. The number of aliphatic hydroxyl groups excluding tert-OH is 1. The van der Waals surface area contributed by atoms with E-state index in [2.05, 4.69) is 0 Å². The van der Waals surface area contributed by atoms with Crippen LogP contribution >= 0.6 is 0 Å². The molecular formula is C24H16O6. The minimum Gasteiger partial charge on any atom is -0.507 e. The summed E-state index contributed by atoms with van der Waals surface area (Å²) >= 11 is 0. The minimum atomic E-state index is -1.35. The number of carbonyl (C=O) groups is 1. The first-order chi connectivity index (χ1) is 14.5. The van der Waals surface area contributed by atoms with Gasteiger partial charge in [0.1, 0.15) is 28.7 Å². The van der Waals surface area contributed by atoms with Gasteiger partial charge in [0.15, 0.2) is 11.5 Å². The molecule has 0 bridgehead atoms. The first-order valence-electron chi connectivity index (χ1n) is 9.38. The number of ether oxygens (including phenoxy) is 1. The van der Waals surface area contributed by atoms with Crippen molar-refractivity contribution >= 4 is 16.8 Å². The van der Waals surface area contributed by atoms with Crippen LogP contribution in [0.1, 0.15) is 33.2 Å². The predicted molar refractivity (Wildman–Crippen MR) is 109 cm³/mol. The van der Waals surface area contributed by atoms with E-state index in [0.29, 0.717) is 11.0 Å². The zero-order valence-electron chi connectivity index (χ0n) is 15.7. The van der Waals surface area contributed by atoms with Gasteiger partial charge in [-0.3, -0.25) is 4.79 Å². The quantitative estimate of drug-likeness (QED) is 0.397. The summed E-state index contributed by atoms with van der Waals surface area (Å²) in [7, 11) is 0. The van der Waals surface area contributed by atoms with Crippen LogP contribution in [0.3, 0.4) is 0 Å². The van der Waals surface area contributed by atoms with Crippen LogP contribution in [0.5, 0.6) is 17.2 Å². The van der Waals surface area contributed by atoms with Crippen molar-refractivity contribution in [3.8, 4) is 17.2 Å². The van der Waals surface area contributed by atoms with E-state index in [-0.39, 0.29) is 46.1 Å². The zero-order chi connectivity index (χ0) is 20.8. The Morgan fingerprint density at radius 1 is 1.00 bits per heavy atom. The van der Waals surface area contributed by atoms with E-state index in [1.54, 1.807) is 24.3 Å². The van der Waals surface area contributed by atoms with E-state index in [0.717, 1.165) is 5.56 Å². The number of ketones is 1. The molecule has 30 heavy (non-hydrogen) atoms. The van der Waals surface area contributed by atoms with Crippen molar-refractivity contribution < 1.29 is 24.2 Å². The van der Waals surface area contributed by atoms with Gasteiger partial charge in [0, 0.05) is 18.1 Å². The number of aromatic hydroxyl groups is 1. The van der Waals surface area contributed by atoms with Crippen LogP contribution in [0, 0.1) is 0 Å². The highest BCUT2D eigenvalue weighted by molar-refractivity contribution is 6.00. The molecule has 1 aliphatic heterocycles. The second-order valence-electron chi connectivity index (χ2n) is 7.13. The summed E-state index contributed by atoms with van der Waals surface area (Å²) in [5.41, 5.74) is 0.651. The van der Waals surface area contributed by atoms with Gasteiger partial charge >= 0.3 is 5.63 Å². The van der Waals surface area contributed by atoms with E-state index < -0.39 is 11.7 Å². The molecule has 6 heteroatoms. The maximum absolute atomic E-state index is 12.8. The van der Waals surface area contributed by atoms with Gasteiger partial charge in [-0.05, 0) is 23.8 Å². The van der Waals surface area contributed by atoms with E-state index in [1.807, 2.05) is 30.3 Å². The molecule has 4 aromatic rings. The van der Waals surface area contributed by atoms with E-state index in [9.17, 15) is 19.8 Å². The number of para-hydroxylation sites is 1. The number of benzene rings is 3. The molecule has 0 radical (unpaired) electrons. The Labute approximate surface area is 170 Å². The second-order valence-corrected chi connectivity index (χ2v) is 7.13. The SMILES string of the molecule is O=C(Cc1ccccc1)c1cc2c(cc1O)Oc1c(c(=O)oc3ccccc13)C2O. The van der Waals surface area contributed by atoms with Gasteiger partial charge < -0.3 is 19.4 Å². The third kappa shape index (κ3) is 2.86. The van der Waals surface area contributed by atoms with Crippen molar-refractivity contribution in [3.63, 3.8) is 0 Å². The molecule has 0 saturated heterocycles. The first-order valence-corrected chi connectivity index (χ1v) is 9.38. The lowest BCUT2D eigenvalue weighted by molar-refractivity contribution is 0.0990. The Morgan fingerprint density at radius 3 is 2.53 bits per heavy atom. The molecular weight excluding hydrogens is 384 g/mol. The number of fused-ring (bicyclic) bond motifs is 4. The summed E-state index contributed by atoms with van der Waals surface area (Å²) < 4.78 is 11.2. The lowest BCUT2D eigenvalue weighted by Gasteiger charge is -2.25. The van der Waals surface area contributed by atoms with Crippen LogP contribution < -0.4 is 10.4 Å². The molecule has 0 amide bonds. The summed E-state index contributed by atoms with van der Waals surface area (Å²) in [5, 5.41) is 21.9. The van der Waals surface area contributed by atoms with Gasteiger partial charge in [-0.1, -0.05) is 42.5 Å². The monoisotopic (exact) mass is 400 g/mol. The molecule has 0 aliphatic carbocycles. The Morgan fingerprint density at radius 2 is 1.73 bits per heavy atom. The molecule has 1 unspecified atom stereocenters. The van der Waals surface area contributed by atoms with Crippen molar-refractivity contribution in [2.24, 2.45) is 0 Å². The van der Waals surface area contributed by atoms with Crippen LogP contribution in [0.15, 0.2) is 75.9 Å². The normalized spacial score (nSPS) is 14.6. The smallest absolute Gasteiger partial charge is 0.346 e. The number of hydrogen-bond donors (Lipinski definition) is 2. The Bertz CT molecular complexity index is 1350. The highest BCUT2D eigenvalue weighted by atomic mass is 16.5. The molecule has 0 saturated carbocycles. The number of hydrogen-bond acceptors (Lipinski definition) is 6. The van der Waals surface area contributed by atoms with E-state index in [1.165, 1.54) is 12.1 Å². The fourth-order valence-corrected chi connectivity index (χ4v) is 3.73. The molecule has 3 aromatic carbocycles. The number of phenols is 1. The average molecular weight is 400 g/mol. The molecule has 6 nitrogen and oxygen atoms in total. The summed E-state index contributed by atoms with van der Waals surface area (Å²) in [6.45, 7) is 0. The number of phenolic OH excluding ortho intramolecular Hbond substituents is 1. The van der Waals surface area contributed by atoms with Gasteiger partial charge in [-0.25, -0.2) is 4.79 Å². The molecule has 2 heterocycles. The van der Waals surface area contributed by atoms with Gasteiger partial charge in [-0.15, -0.1) is 0 Å². The van der Waals surface area contributed by atoms with Crippen molar-refractivity contribution in [3.05, 3.63) is 99.4 Å². The Balaban J connectivity index is 1.60. The average Bonchev–Trinajstić information content (AvgIpc) is 2.74. The summed E-state index contributed by atoms with van der Waals surface area (Å²) in [4.78, 5) is 25.3. The molecule has 2 N–H and O–H groups in total. The second kappa shape index (κ2) is 6.86. The van der Waals surface area contributed by atoms with E-state index in [4.69, 9.17) is 9.15 Å². The molecule has 148 valence electrons. The topological polar surface area (TPSA) is 97.0 Å². The molecule has 1 aromatic heterocycles. The molecule has 0 fully saturated rings. The number of rotatable bonds is 3. The number of aliphatic hydroxyl groups is 1. The largest absolute Gasteiger partial charge is 0.507 e. The van der Waals surface area contributed by atoms with Gasteiger partial charge in [0.2, 0.25) is 0 Å². The van der Waals surface area contributed by atoms with Crippen molar-refractivity contribution in [1.29, 1.82) is 0 Å². The molecule has 0 spiro atoms. The van der Waals surface area contributed by atoms with Crippen LogP contribution in [-0.2, 0) is 6.42 Å². The maximum Gasteiger partial charge on any atom is 0.346 e. The zero-order valence-corrected chi connectivity index (χ0v) is 15.7. The highest BCUT2D eigenvalue weighted by Gasteiger charge is 2.33. The van der Waals surface area contributed by atoms with Crippen LogP contribution in [0.2, 0.25) is 0 Å². The van der Waals surface area contributed by atoms with Crippen LogP contribution in [0.4, 0.5) is 0 Å². The molecule has 1 atom stereocenters. The number of carbonyl (C=O) groups excluding carboxylic acids is 1. The Kier molecular flexibility index (Phi) is 4.15. The van der Waals surface area contributed by atoms with Crippen molar-refractivity contribution in [1.82, 2.24) is 0 Å². The fraction of sp³-hybridized carbons (Fsp3) is 0.0833.